The first-order valence-electron chi connectivity index (χ1n) is 20.8. The van der Waals surface area contributed by atoms with Crippen LogP contribution in [-0.2, 0) is 35.9 Å². The van der Waals surface area contributed by atoms with Crippen molar-refractivity contribution in [3.8, 4) is 34.7 Å². The summed E-state index contributed by atoms with van der Waals surface area (Å²) in [5.41, 5.74) is 21.7. The van der Waals surface area contributed by atoms with E-state index in [1.807, 2.05) is 60.7 Å². The number of fused-ring (bicyclic) bond motifs is 2. The summed E-state index contributed by atoms with van der Waals surface area (Å²) < 4.78 is 47.3. The molecule has 8 aromatic heterocycles. The van der Waals surface area contributed by atoms with Gasteiger partial charge in [0.1, 0.15) is 24.7 Å². The number of ether oxygens (including phenoxy) is 2. The standard InChI is InChI=1S/C22H20N8O2.C14H16N2O.C9H8N6O3S/c23-20-27-21(28-22-26-19(29-30(20)22)18-2-1-13-31-18)25-12-9-15-3-5-17(6-4-15)32-14-16-7-10-24-11-8-16;15-8-5-12-1-3-14(4-2-12)17-11-13-6-9-16-10-7-13;1-19(16,17)9-12-7(10)15-8(13-9)11-6(14-15)5-3-2-4-18-5/h1-8,10-11,13H,9,12,14H2,(H3,23,25,26,27,28,29);1-4,6-7,9-10H,5,8,11,15H2;2-4H,1H3,(H2,10,11,12,13,14). The largest absolute Gasteiger partial charge is 0.489 e. The van der Waals surface area contributed by atoms with Crippen LogP contribution in [-0.4, -0.2) is 86.9 Å². The maximum absolute atomic E-state index is 11.4. The lowest BCUT2D eigenvalue weighted by atomic mass is 10.1. The SMILES string of the molecule is CS(=O)(=O)c1nc(N)n2nc(-c3ccco3)nc2n1.NCCc1ccc(OCc2ccncc2)cc1.Nc1nc(NCCc2ccc(OCc3ccncc3)cc2)nc2nc(-c3ccco3)nn12. The second-order valence-electron chi connectivity index (χ2n) is 14.6. The van der Waals surface area contributed by atoms with Crippen LogP contribution in [0.3, 0.4) is 0 Å². The molecule has 23 heteroatoms. The van der Waals surface area contributed by atoms with Crippen LogP contribution in [0.1, 0.15) is 22.3 Å². The number of nitrogens with zero attached hydrogens (tertiary/aromatic N) is 12. The molecule has 10 rings (SSSR count). The van der Waals surface area contributed by atoms with Gasteiger partial charge in [0.2, 0.25) is 39.3 Å². The summed E-state index contributed by atoms with van der Waals surface area (Å²) >= 11 is 0. The predicted molar refractivity (Wildman–Crippen MR) is 249 cm³/mol. The molecule has 0 saturated heterocycles. The summed E-state index contributed by atoms with van der Waals surface area (Å²) in [6.07, 6.45) is 12.7. The number of sulfone groups is 1. The molecule has 0 radical (unpaired) electrons. The molecule has 0 bridgehead atoms. The van der Waals surface area contributed by atoms with Crippen LogP contribution < -0.4 is 32.0 Å². The second-order valence-corrected chi connectivity index (χ2v) is 16.5. The van der Waals surface area contributed by atoms with Gasteiger partial charge in [0.05, 0.1) is 12.5 Å². The van der Waals surface area contributed by atoms with Crippen molar-refractivity contribution in [2.24, 2.45) is 5.73 Å². The Morgan fingerprint density at radius 2 is 1.07 bits per heavy atom. The molecule has 0 atom stereocenters. The average Bonchev–Trinajstić information content (AvgIpc) is 4.20. The number of nitrogens with two attached hydrogens (primary N) is 3. The van der Waals surface area contributed by atoms with Crippen molar-refractivity contribution in [2.75, 3.05) is 36.1 Å². The Balaban J connectivity index is 0.000000148. The number of hydrogen-bond acceptors (Lipinski definition) is 20. The van der Waals surface area contributed by atoms with Gasteiger partial charge < -0.3 is 40.8 Å². The number of nitrogen functional groups attached to an aromatic ring is 2. The van der Waals surface area contributed by atoms with Gasteiger partial charge in [-0.3, -0.25) is 9.97 Å². The Bertz CT molecular complexity index is 3260. The summed E-state index contributed by atoms with van der Waals surface area (Å²) in [6, 6.07) is 30.7. The number of aromatic nitrogens is 12. The molecule has 0 fully saturated rings. The Morgan fingerprint density at radius 3 is 1.54 bits per heavy atom. The molecule has 346 valence electrons. The minimum Gasteiger partial charge on any atom is -0.489 e. The molecule has 0 aliphatic carbocycles. The van der Waals surface area contributed by atoms with Crippen LogP contribution in [0.4, 0.5) is 17.8 Å². The molecule has 7 N–H and O–H groups in total. The zero-order valence-corrected chi connectivity index (χ0v) is 37.2. The third-order valence-corrected chi connectivity index (χ3v) is 10.4. The zero-order chi connectivity index (χ0) is 47.3. The molecule has 0 saturated carbocycles. The van der Waals surface area contributed by atoms with E-state index < -0.39 is 15.0 Å². The van der Waals surface area contributed by atoms with Crippen LogP contribution in [0.25, 0.3) is 34.7 Å². The van der Waals surface area contributed by atoms with Gasteiger partial charge in [-0.1, -0.05) is 24.3 Å². The quantitative estimate of drug-likeness (QED) is 0.106. The van der Waals surface area contributed by atoms with Crippen LogP contribution in [0.2, 0.25) is 0 Å². The summed E-state index contributed by atoms with van der Waals surface area (Å²) in [5, 5.41) is 11.1. The number of benzene rings is 2. The van der Waals surface area contributed by atoms with Crippen molar-refractivity contribution in [2.45, 2.75) is 31.2 Å². The lowest BCUT2D eigenvalue weighted by Crippen LogP contribution is -2.12. The summed E-state index contributed by atoms with van der Waals surface area (Å²) in [4.78, 5) is 32.5. The molecule has 0 unspecified atom stereocenters. The number of pyridine rings is 2. The van der Waals surface area contributed by atoms with E-state index in [-0.39, 0.29) is 23.5 Å². The van der Waals surface area contributed by atoms with E-state index >= 15 is 0 Å². The van der Waals surface area contributed by atoms with E-state index in [1.165, 1.54) is 16.3 Å². The third kappa shape index (κ3) is 12.1. The first kappa shape index (κ1) is 45.7. The Kier molecular flexibility index (Phi) is 14.4. The molecular weight excluding hydrogens is 893 g/mol. The van der Waals surface area contributed by atoms with Gasteiger partial charge in [-0.25, -0.2) is 8.42 Å². The molecular formula is C45H44N16O6S. The minimum atomic E-state index is -3.57. The minimum absolute atomic E-state index is 0.0410. The number of nitrogens with one attached hydrogen (secondary N) is 1. The summed E-state index contributed by atoms with van der Waals surface area (Å²) in [5.74, 6) is 4.17. The molecule has 0 amide bonds. The van der Waals surface area contributed by atoms with E-state index in [4.69, 9.17) is 35.5 Å². The molecule has 68 heavy (non-hydrogen) atoms. The van der Waals surface area contributed by atoms with Gasteiger partial charge in [0.15, 0.2) is 11.5 Å². The molecule has 22 nitrogen and oxygen atoms in total. The smallest absolute Gasteiger partial charge is 0.259 e. The molecule has 0 aliphatic heterocycles. The molecule has 8 heterocycles. The van der Waals surface area contributed by atoms with Gasteiger partial charge >= 0.3 is 0 Å². The lowest BCUT2D eigenvalue weighted by Gasteiger charge is -2.08. The van der Waals surface area contributed by atoms with E-state index in [2.05, 4.69) is 67.5 Å². The normalized spacial score (nSPS) is 11.1. The monoisotopic (exact) mass is 936 g/mol. The van der Waals surface area contributed by atoms with Crippen molar-refractivity contribution in [1.29, 1.82) is 0 Å². The average molecular weight is 937 g/mol. The van der Waals surface area contributed by atoms with Crippen molar-refractivity contribution in [1.82, 2.24) is 59.1 Å². The highest BCUT2D eigenvalue weighted by Gasteiger charge is 2.19. The van der Waals surface area contributed by atoms with Gasteiger partial charge in [-0.15, -0.1) is 10.2 Å². The van der Waals surface area contributed by atoms with Crippen LogP contribution in [0, 0.1) is 0 Å². The molecule has 0 aliphatic rings. The lowest BCUT2D eigenvalue weighted by molar-refractivity contribution is 0.306. The fraction of sp³-hybridized carbons (Fsp3) is 0.156. The van der Waals surface area contributed by atoms with Crippen molar-refractivity contribution < 1.29 is 26.7 Å². The van der Waals surface area contributed by atoms with E-state index in [0.717, 1.165) is 51.8 Å². The fourth-order valence-electron chi connectivity index (χ4n) is 6.14. The molecule has 0 spiro atoms. The Hall–Kier alpha value is -8.83. The predicted octanol–water partition coefficient (Wildman–Crippen LogP) is 4.92. The van der Waals surface area contributed by atoms with Crippen LogP contribution >= 0.6 is 0 Å². The zero-order valence-electron chi connectivity index (χ0n) is 36.4. The highest BCUT2D eigenvalue weighted by molar-refractivity contribution is 7.90. The molecule has 2 aromatic carbocycles. The highest BCUT2D eigenvalue weighted by Crippen LogP contribution is 2.20. The topological polar surface area (TPSA) is 307 Å². The highest BCUT2D eigenvalue weighted by atomic mass is 32.2. The third-order valence-electron chi connectivity index (χ3n) is 9.55. The first-order valence-corrected chi connectivity index (χ1v) is 22.7. The first-order chi connectivity index (χ1) is 33.1. The Labute approximate surface area is 388 Å². The number of rotatable bonds is 15. The maximum atomic E-state index is 11.4. The number of anilines is 3. The van der Waals surface area contributed by atoms with E-state index in [0.29, 0.717) is 55.4 Å². The van der Waals surface area contributed by atoms with Crippen molar-refractivity contribution in [3.05, 3.63) is 157 Å². The number of furan rings is 2. The van der Waals surface area contributed by atoms with Crippen molar-refractivity contribution in [3.63, 3.8) is 0 Å². The van der Waals surface area contributed by atoms with Crippen LogP contribution in [0.5, 0.6) is 11.5 Å². The summed E-state index contributed by atoms with van der Waals surface area (Å²) in [7, 11) is -3.57. The second kappa shape index (κ2) is 21.4. The van der Waals surface area contributed by atoms with E-state index in [1.54, 1.807) is 55.3 Å². The summed E-state index contributed by atoms with van der Waals surface area (Å²) in [6.45, 7) is 2.39. The fourth-order valence-corrected chi connectivity index (χ4v) is 6.64. The van der Waals surface area contributed by atoms with Crippen LogP contribution in [0.15, 0.2) is 148 Å². The van der Waals surface area contributed by atoms with Gasteiger partial charge in [0.25, 0.3) is 16.7 Å². The Morgan fingerprint density at radius 1 is 0.588 bits per heavy atom. The maximum Gasteiger partial charge on any atom is 0.259 e. The van der Waals surface area contributed by atoms with Crippen molar-refractivity contribution >= 4 is 39.2 Å². The van der Waals surface area contributed by atoms with Gasteiger partial charge in [-0.2, -0.15) is 38.9 Å². The van der Waals surface area contributed by atoms with E-state index in [9.17, 15) is 8.42 Å². The number of hydrogen-bond donors (Lipinski definition) is 4. The molecule has 10 aromatic rings. The van der Waals surface area contributed by atoms with Gasteiger partial charge in [0, 0.05) is 37.6 Å². The van der Waals surface area contributed by atoms with Gasteiger partial charge in [-0.05, 0) is 114 Å².